The summed E-state index contributed by atoms with van der Waals surface area (Å²) in [5, 5.41) is 20.8. The second-order valence-corrected chi connectivity index (χ2v) is 10.3. The molecule has 2 aromatic carbocycles. The molecule has 0 amide bonds. The van der Waals surface area contributed by atoms with E-state index in [0.717, 1.165) is 11.4 Å². The van der Waals surface area contributed by atoms with Gasteiger partial charge in [0.05, 0.1) is 9.40 Å². The fourth-order valence-corrected chi connectivity index (χ4v) is 4.57. The summed E-state index contributed by atoms with van der Waals surface area (Å²) < 4.78 is 8.42. The van der Waals surface area contributed by atoms with Crippen LogP contribution < -0.4 is 4.74 Å². The zero-order valence-electron chi connectivity index (χ0n) is 18.8. The Morgan fingerprint density at radius 3 is 2.41 bits per heavy atom. The molecule has 0 aliphatic heterocycles. The number of aromatic nitrogens is 4. The van der Waals surface area contributed by atoms with E-state index < -0.39 is 4.92 Å². The molecule has 4 rings (SSSR count). The molecule has 0 bridgehead atoms. The van der Waals surface area contributed by atoms with Crippen molar-refractivity contribution in [2.45, 2.75) is 43.0 Å². The van der Waals surface area contributed by atoms with Crippen molar-refractivity contribution in [2.24, 2.45) is 0 Å². The highest BCUT2D eigenvalue weighted by Gasteiger charge is 2.19. The zero-order valence-corrected chi connectivity index (χ0v) is 21.2. The smallest absolute Gasteiger partial charge is 0.288 e. The number of para-hydroxylation sites is 1. The third-order valence-electron chi connectivity index (χ3n) is 4.99. The molecule has 0 N–H and O–H groups in total. The molecule has 10 heteroatoms. The van der Waals surface area contributed by atoms with Gasteiger partial charge in [-0.2, -0.15) is 0 Å². The monoisotopic (exact) mass is 539 g/mol. The normalized spacial score (nSPS) is 11.4. The Kier molecular flexibility index (Phi) is 6.99. The predicted molar refractivity (Wildman–Crippen MR) is 134 cm³/mol. The minimum absolute atomic E-state index is 0.0678. The van der Waals surface area contributed by atoms with Crippen molar-refractivity contribution in [2.75, 3.05) is 0 Å². The summed E-state index contributed by atoms with van der Waals surface area (Å²) in [7, 11) is 0. The maximum absolute atomic E-state index is 11.0. The van der Waals surface area contributed by atoms with Crippen LogP contribution in [0.5, 0.6) is 5.75 Å². The lowest BCUT2D eigenvalue weighted by Gasteiger charge is -2.19. The summed E-state index contributed by atoms with van der Waals surface area (Å²) in [6, 6.07) is 19.2. The van der Waals surface area contributed by atoms with E-state index >= 15 is 0 Å². The van der Waals surface area contributed by atoms with Crippen molar-refractivity contribution < 1.29 is 9.66 Å². The van der Waals surface area contributed by atoms with E-state index in [1.165, 1.54) is 29.6 Å². The number of hydrogen-bond acceptors (Lipinski definition) is 7. The van der Waals surface area contributed by atoms with Crippen molar-refractivity contribution in [1.82, 2.24) is 19.7 Å². The molecule has 0 saturated carbocycles. The molecule has 174 valence electrons. The lowest BCUT2D eigenvalue weighted by Crippen LogP contribution is -2.10. The molecule has 0 atom stereocenters. The maximum Gasteiger partial charge on any atom is 0.288 e. The molecule has 0 unspecified atom stereocenters. The van der Waals surface area contributed by atoms with Gasteiger partial charge < -0.3 is 4.74 Å². The van der Waals surface area contributed by atoms with Crippen LogP contribution in [0.3, 0.4) is 0 Å². The molecule has 34 heavy (non-hydrogen) atoms. The average molecular weight is 540 g/mol. The van der Waals surface area contributed by atoms with Crippen molar-refractivity contribution in [3.8, 4) is 11.4 Å². The van der Waals surface area contributed by atoms with Gasteiger partial charge in [-0.1, -0.05) is 51.1 Å². The Morgan fingerprint density at radius 2 is 1.79 bits per heavy atom. The number of hydrogen-bond donors (Lipinski definition) is 0. The lowest BCUT2D eigenvalue weighted by molar-refractivity contribution is -0.385. The highest BCUT2D eigenvalue weighted by Crippen LogP contribution is 2.34. The average Bonchev–Trinajstić information content (AvgIpc) is 3.21. The van der Waals surface area contributed by atoms with E-state index in [1.807, 2.05) is 47.0 Å². The number of rotatable bonds is 7. The summed E-state index contributed by atoms with van der Waals surface area (Å²) in [5.41, 5.74) is 2.08. The van der Waals surface area contributed by atoms with E-state index in [-0.39, 0.29) is 17.7 Å². The van der Waals surface area contributed by atoms with Gasteiger partial charge in [-0.3, -0.25) is 14.7 Å². The number of benzene rings is 2. The van der Waals surface area contributed by atoms with E-state index in [4.69, 9.17) is 4.74 Å². The fourth-order valence-electron chi connectivity index (χ4n) is 3.17. The third-order valence-corrected chi connectivity index (χ3v) is 6.83. The van der Waals surface area contributed by atoms with Gasteiger partial charge in [-0.05, 0) is 62.9 Å². The summed E-state index contributed by atoms with van der Waals surface area (Å²) in [6.45, 7) is 6.72. The minimum atomic E-state index is -0.484. The number of halogens is 1. The number of ether oxygens (including phenoxy) is 1. The number of nitro groups is 1. The van der Waals surface area contributed by atoms with Crippen LogP contribution in [0.2, 0.25) is 0 Å². The molecule has 0 aliphatic carbocycles. The van der Waals surface area contributed by atoms with Gasteiger partial charge in [0, 0.05) is 11.8 Å². The van der Waals surface area contributed by atoms with Gasteiger partial charge in [-0.25, -0.2) is 4.98 Å². The van der Waals surface area contributed by atoms with Crippen LogP contribution in [0.25, 0.3) is 5.69 Å². The van der Waals surface area contributed by atoms with Crippen LogP contribution >= 0.6 is 27.7 Å². The molecule has 2 heterocycles. The first kappa shape index (κ1) is 23.9. The second-order valence-electron chi connectivity index (χ2n) is 8.47. The van der Waals surface area contributed by atoms with Gasteiger partial charge in [-0.15, -0.1) is 10.2 Å². The summed E-state index contributed by atoms with van der Waals surface area (Å²) in [4.78, 5) is 14.8. The van der Waals surface area contributed by atoms with Crippen LogP contribution in [-0.4, -0.2) is 24.7 Å². The van der Waals surface area contributed by atoms with Gasteiger partial charge in [0.15, 0.2) is 5.82 Å². The minimum Gasteiger partial charge on any atom is -0.486 e. The lowest BCUT2D eigenvalue weighted by atomic mass is 9.87. The molecule has 0 spiro atoms. The van der Waals surface area contributed by atoms with Crippen LogP contribution in [0.4, 0.5) is 5.69 Å². The Bertz CT molecular complexity index is 1300. The first-order valence-electron chi connectivity index (χ1n) is 10.4. The predicted octanol–water partition coefficient (Wildman–Crippen LogP) is 6.36. The van der Waals surface area contributed by atoms with Crippen LogP contribution in [-0.2, 0) is 12.0 Å². The molecular formula is C24H22BrN5O3S. The maximum atomic E-state index is 11.0. The molecule has 0 fully saturated rings. The third kappa shape index (κ3) is 5.45. The Morgan fingerprint density at radius 1 is 1.09 bits per heavy atom. The topological polar surface area (TPSA) is 96.0 Å². The first-order valence-corrected chi connectivity index (χ1v) is 12.0. The van der Waals surface area contributed by atoms with Crippen molar-refractivity contribution in [3.05, 3.63) is 92.8 Å². The molecular weight excluding hydrogens is 518 g/mol. The quantitative estimate of drug-likeness (QED) is 0.199. The van der Waals surface area contributed by atoms with E-state index in [0.29, 0.717) is 20.5 Å². The first-order chi connectivity index (χ1) is 16.2. The summed E-state index contributed by atoms with van der Waals surface area (Å²) in [5.74, 6) is 1.36. The largest absolute Gasteiger partial charge is 0.486 e. The van der Waals surface area contributed by atoms with Crippen molar-refractivity contribution in [1.29, 1.82) is 0 Å². The Balaban J connectivity index is 1.61. The summed E-state index contributed by atoms with van der Waals surface area (Å²) >= 11 is 4.63. The zero-order chi connectivity index (χ0) is 24.3. The fraction of sp³-hybridized carbons (Fsp3) is 0.208. The van der Waals surface area contributed by atoms with Crippen LogP contribution in [0.1, 0.15) is 32.2 Å². The number of pyridine rings is 1. The molecule has 2 aromatic heterocycles. The number of nitrogens with zero attached hydrogens (tertiary/aromatic N) is 5. The van der Waals surface area contributed by atoms with Gasteiger partial charge in [0.1, 0.15) is 23.6 Å². The summed E-state index contributed by atoms with van der Waals surface area (Å²) in [6.07, 6.45) is 1.22. The highest BCUT2D eigenvalue weighted by atomic mass is 79.9. The van der Waals surface area contributed by atoms with Crippen LogP contribution in [0.15, 0.2) is 81.5 Å². The molecule has 0 aliphatic rings. The molecule has 4 aromatic rings. The van der Waals surface area contributed by atoms with E-state index in [2.05, 4.69) is 64.0 Å². The molecule has 0 radical (unpaired) electrons. The SMILES string of the molecule is CC(C)(C)c1ccc(OCc2nnc(Sc3ncc([N+](=O)[O-])cc3Br)n2-c2ccccc2)cc1. The Labute approximate surface area is 209 Å². The standard InChI is InChI=1S/C24H22BrN5O3S/c1-24(2,3)16-9-11-19(12-10-16)33-15-21-27-28-23(29(21)17-7-5-4-6-8-17)34-22-20(25)13-18(14-26-22)30(31)32/h4-14H,15H2,1-3H3. The van der Waals surface area contributed by atoms with Gasteiger partial charge >= 0.3 is 0 Å². The van der Waals surface area contributed by atoms with Gasteiger partial charge in [0.25, 0.3) is 5.69 Å². The highest BCUT2D eigenvalue weighted by molar-refractivity contribution is 9.10. The van der Waals surface area contributed by atoms with Gasteiger partial charge in [0.2, 0.25) is 5.16 Å². The van der Waals surface area contributed by atoms with Crippen LogP contribution in [0, 0.1) is 10.1 Å². The van der Waals surface area contributed by atoms with E-state index in [9.17, 15) is 10.1 Å². The molecule has 0 saturated heterocycles. The second kappa shape index (κ2) is 9.94. The van der Waals surface area contributed by atoms with Crippen molar-refractivity contribution >= 4 is 33.4 Å². The Hall–Kier alpha value is -3.24. The molecule has 8 nitrogen and oxygen atoms in total. The van der Waals surface area contributed by atoms with E-state index in [1.54, 1.807) is 0 Å². The van der Waals surface area contributed by atoms with Crippen molar-refractivity contribution in [3.63, 3.8) is 0 Å².